The Hall–Kier alpha value is -1.56. The van der Waals surface area contributed by atoms with Crippen molar-refractivity contribution in [1.82, 2.24) is 20.0 Å². The van der Waals surface area contributed by atoms with Gasteiger partial charge in [0.15, 0.2) is 0 Å². The van der Waals surface area contributed by atoms with Gasteiger partial charge in [-0.1, -0.05) is 0 Å². The molecule has 2 N–H and O–H groups in total. The summed E-state index contributed by atoms with van der Waals surface area (Å²) in [6.45, 7) is 2.76. The maximum absolute atomic E-state index is 11.3. The summed E-state index contributed by atoms with van der Waals surface area (Å²) >= 11 is 0. The van der Waals surface area contributed by atoms with Crippen molar-refractivity contribution in [3.8, 4) is 0 Å². The average Bonchev–Trinajstić information content (AvgIpc) is 3.07. The number of anilines is 1. The number of piperidine rings is 1. The van der Waals surface area contributed by atoms with Gasteiger partial charge in [0.05, 0.1) is 11.9 Å². The van der Waals surface area contributed by atoms with Gasteiger partial charge in [0.1, 0.15) is 6.54 Å². The maximum Gasteiger partial charge on any atom is 0.241 e. The predicted molar refractivity (Wildman–Crippen MR) is 77.5 cm³/mol. The van der Waals surface area contributed by atoms with Gasteiger partial charge in [-0.3, -0.25) is 9.48 Å². The maximum atomic E-state index is 11.3. The van der Waals surface area contributed by atoms with Crippen LogP contribution in [0.2, 0.25) is 0 Å². The number of likely N-dealkylation sites (N-methyl/N-ethyl adjacent to an activating group) is 1. The molecule has 2 aliphatic heterocycles. The van der Waals surface area contributed by atoms with Crippen LogP contribution in [0.4, 0.5) is 5.69 Å². The Morgan fingerprint density at radius 2 is 2.35 bits per heavy atom. The summed E-state index contributed by atoms with van der Waals surface area (Å²) in [5.41, 5.74) is 1.02. The van der Waals surface area contributed by atoms with Gasteiger partial charge in [0.2, 0.25) is 5.91 Å². The molecule has 3 heterocycles. The fourth-order valence-electron chi connectivity index (χ4n) is 3.34. The van der Waals surface area contributed by atoms with Crippen molar-refractivity contribution in [2.75, 3.05) is 25.5 Å². The zero-order valence-electron chi connectivity index (χ0n) is 12.0. The number of fused-ring (bicyclic) bond motifs is 1. The SMILES string of the molecule is CNC(=O)Cn1cc(NC2CCN3CCCC3C2)cn1. The third-order valence-electron chi connectivity index (χ3n) is 4.41. The van der Waals surface area contributed by atoms with Gasteiger partial charge in [-0.15, -0.1) is 0 Å². The summed E-state index contributed by atoms with van der Waals surface area (Å²) in [4.78, 5) is 13.9. The molecule has 1 aromatic rings. The van der Waals surface area contributed by atoms with Crippen molar-refractivity contribution < 1.29 is 4.79 Å². The smallest absolute Gasteiger partial charge is 0.241 e. The zero-order chi connectivity index (χ0) is 13.9. The Morgan fingerprint density at radius 1 is 1.45 bits per heavy atom. The van der Waals surface area contributed by atoms with Gasteiger partial charge in [-0.2, -0.15) is 5.10 Å². The Balaban J connectivity index is 1.54. The van der Waals surface area contributed by atoms with Gasteiger partial charge in [0.25, 0.3) is 0 Å². The number of rotatable bonds is 4. The first kappa shape index (κ1) is 13.4. The lowest BCUT2D eigenvalue weighted by Gasteiger charge is -2.35. The molecular weight excluding hydrogens is 254 g/mol. The molecule has 6 heteroatoms. The van der Waals surface area contributed by atoms with E-state index >= 15 is 0 Å². The highest BCUT2D eigenvalue weighted by atomic mass is 16.1. The number of nitrogens with one attached hydrogen (secondary N) is 2. The Bertz CT molecular complexity index is 472. The van der Waals surface area contributed by atoms with E-state index in [0.717, 1.165) is 11.7 Å². The minimum atomic E-state index is -0.0288. The summed E-state index contributed by atoms with van der Waals surface area (Å²) in [5.74, 6) is -0.0288. The van der Waals surface area contributed by atoms with Crippen molar-refractivity contribution in [1.29, 1.82) is 0 Å². The quantitative estimate of drug-likeness (QED) is 0.849. The van der Waals surface area contributed by atoms with Crippen LogP contribution in [-0.2, 0) is 11.3 Å². The number of hydrogen-bond acceptors (Lipinski definition) is 4. The van der Waals surface area contributed by atoms with Crippen molar-refractivity contribution >= 4 is 11.6 Å². The van der Waals surface area contributed by atoms with Crippen LogP contribution in [0.3, 0.4) is 0 Å². The lowest BCUT2D eigenvalue weighted by atomic mass is 9.97. The lowest BCUT2D eigenvalue weighted by Crippen LogP contribution is -2.42. The third-order valence-corrected chi connectivity index (χ3v) is 4.41. The van der Waals surface area contributed by atoms with Crippen LogP contribution in [0.5, 0.6) is 0 Å². The highest BCUT2D eigenvalue weighted by Crippen LogP contribution is 2.28. The molecule has 1 amide bonds. The van der Waals surface area contributed by atoms with E-state index in [9.17, 15) is 4.79 Å². The summed E-state index contributed by atoms with van der Waals surface area (Å²) < 4.78 is 1.67. The van der Waals surface area contributed by atoms with E-state index in [1.54, 1.807) is 11.7 Å². The third kappa shape index (κ3) is 2.95. The van der Waals surface area contributed by atoms with Gasteiger partial charge < -0.3 is 15.5 Å². The second-order valence-electron chi connectivity index (χ2n) is 5.80. The number of nitrogens with zero attached hydrogens (tertiary/aromatic N) is 3. The summed E-state index contributed by atoms with van der Waals surface area (Å²) in [6.07, 6.45) is 8.83. The average molecular weight is 277 g/mol. The highest BCUT2D eigenvalue weighted by molar-refractivity contribution is 5.75. The van der Waals surface area contributed by atoms with E-state index in [1.165, 1.54) is 38.8 Å². The molecule has 0 spiro atoms. The molecule has 0 radical (unpaired) electrons. The normalized spacial score (nSPS) is 26.2. The molecule has 2 aliphatic rings. The molecule has 3 rings (SSSR count). The van der Waals surface area contributed by atoms with E-state index in [4.69, 9.17) is 0 Å². The number of carbonyl (C=O) groups excluding carboxylic acids is 1. The minimum absolute atomic E-state index is 0.0288. The molecule has 2 atom stereocenters. The molecule has 0 saturated carbocycles. The lowest BCUT2D eigenvalue weighted by molar-refractivity contribution is -0.121. The standard InChI is InChI=1S/C14H23N5O/c1-15-14(20)10-19-9-12(8-16-19)17-11-4-6-18-5-2-3-13(18)7-11/h8-9,11,13,17H,2-7,10H2,1H3,(H,15,20). The number of aromatic nitrogens is 2. The Morgan fingerprint density at radius 3 is 3.20 bits per heavy atom. The van der Waals surface area contributed by atoms with Gasteiger partial charge in [-0.25, -0.2) is 0 Å². The van der Waals surface area contributed by atoms with E-state index in [0.29, 0.717) is 6.04 Å². The molecule has 1 aromatic heterocycles. The predicted octanol–water partition coefficient (Wildman–Crippen LogP) is 0.668. The molecule has 0 bridgehead atoms. The van der Waals surface area contributed by atoms with Crippen molar-refractivity contribution in [3.05, 3.63) is 12.4 Å². The molecule has 20 heavy (non-hydrogen) atoms. The van der Waals surface area contributed by atoms with E-state index < -0.39 is 0 Å². The fourth-order valence-corrected chi connectivity index (χ4v) is 3.34. The molecule has 2 unspecified atom stereocenters. The number of hydrogen-bond donors (Lipinski definition) is 2. The Labute approximate surface area is 119 Å². The van der Waals surface area contributed by atoms with Crippen molar-refractivity contribution in [2.24, 2.45) is 0 Å². The molecule has 0 aliphatic carbocycles. The van der Waals surface area contributed by atoms with Crippen LogP contribution in [0.1, 0.15) is 25.7 Å². The van der Waals surface area contributed by atoms with E-state index in [1.807, 2.05) is 12.4 Å². The summed E-state index contributed by atoms with van der Waals surface area (Å²) in [6, 6.07) is 1.30. The van der Waals surface area contributed by atoms with Crippen LogP contribution < -0.4 is 10.6 Å². The van der Waals surface area contributed by atoms with Crippen LogP contribution in [-0.4, -0.2) is 52.8 Å². The van der Waals surface area contributed by atoms with Gasteiger partial charge in [-0.05, 0) is 32.2 Å². The second kappa shape index (κ2) is 5.83. The zero-order valence-corrected chi connectivity index (χ0v) is 12.0. The topological polar surface area (TPSA) is 62.2 Å². The second-order valence-corrected chi connectivity index (χ2v) is 5.80. The van der Waals surface area contributed by atoms with Crippen LogP contribution in [0.15, 0.2) is 12.4 Å². The number of carbonyl (C=O) groups is 1. The molecule has 6 nitrogen and oxygen atoms in total. The van der Waals surface area contributed by atoms with Crippen LogP contribution in [0.25, 0.3) is 0 Å². The highest BCUT2D eigenvalue weighted by Gasteiger charge is 2.31. The van der Waals surface area contributed by atoms with E-state index in [-0.39, 0.29) is 12.5 Å². The first-order valence-corrected chi connectivity index (χ1v) is 7.48. The first-order chi connectivity index (χ1) is 9.74. The van der Waals surface area contributed by atoms with Crippen molar-refractivity contribution in [2.45, 2.75) is 44.3 Å². The fraction of sp³-hybridized carbons (Fsp3) is 0.714. The summed E-state index contributed by atoms with van der Waals surface area (Å²) in [5, 5.41) is 10.4. The van der Waals surface area contributed by atoms with Crippen LogP contribution in [0, 0.1) is 0 Å². The van der Waals surface area contributed by atoms with E-state index in [2.05, 4.69) is 20.6 Å². The van der Waals surface area contributed by atoms with Crippen molar-refractivity contribution in [3.63, 3.8) is 0 Å². The molecule has 2 fully saturated rings. The first-order valence-electron chi connectivity index (χ1n) is 7.48. The largest absolute Gasteiger partial charge is 0.380 e. The molecule has 2 saturated heterocycles. The Kier molecular flexibility index (Phi) is 3.91. The molecule has 110 valence electrons. The number of amides is 1. The van der Waals surface area contributed by atoms with Gasteiger partial charge in [0, 0.05) is 31.9 Å². The molecular formula is C14H23N5O. The minimum Gasteiger partial charge on any atom is -0.380 e. The molecule has 0 aromatic carbocycles. The van der Waals surface area contributed by atoms with Crippen LogP contribution >= 0.6 is 0 Å². The monoisotopic (exact) mass is 277 g/mol. The van der Waals surface area contributed by atoms with Gasteiger partial charge >= 0.3 is 0 Å². The summed E-state index contributed by atoms with van der Waals surface area (Å²) in [7, 11) is 1.64.